The predicted octanol–water partition coefficient (Wildman–Crippen LogP) is -0.143. The van der Waals surface area contributed by atoms with Crippen LogP contribution in [0.15, 0.2) is 24.3 Å². The number of carboxylic acid groups (broad SMARTS) is 1. The van der Waals surface area contributed by atoms with E-state index in [0.717, 1.165) is 11.4 Å². The van der Waals surface area contributed by atoms with Gasteiger partial charge in [0, 0.05) is 5.69 Å². The molecule has 0 saturated carbocycles. The van der Waals surface area contributed by atoms with E-state index in [9.17, 15) is 9.90 Å². The third-order valence-electron chi connectivity index (χ3n) is 1.53. The molecule has 13 heavy (non-hydrogen) atoms. The van der Waals surface area contributed by atoms with E-state index >= 15 is 0 Å². The molecule has 1 N–H and O–H groups in total. The van der Waals surface area contributed by atoms with E-state index < -0.39 is 5.97 Å². The molecular formula is C9H10NO3-. The summed E-state index contributed by atoms with van der Waals surface area (Å²) < 4.78 is 4.94. The minimum absolute atomic E-state index is 0.188. The van der Waals surface area contributed by atoms with E-state index in [2.05, 4.69) is 5.32 Å². The Morgan fingerprint density at radius 1 is 1.46 bits per heavy atom. The van der Waals surface area contributed by atoms with Gasteiger partial charge in [-0.1, -0.05) is 0 Å². The van der Waals surface area contributed by atoms with Crippen LogP contribution in [-0.4, -0.2) is 19.6 Å². The van der Waals surface area contributed by atoms with Crippen molar-refractivity contribution >= 4 is 11.7 Å². The molecule has 0 spiro atoms. The molecule has 0 bridgehead atoms. The summed E-state index contributed by atoms with van der Waals surface area (Å²) in [6, 6.07) is 6.97. The second-order valence-corrected chi connectivity index (χ2v) is 2.45. The van der Waals surface area contributed by atoms with Crippen LogP contribution in [0.1, 0.15) is 0 Å². The lowest BCUT2D eigenvalue weighted by molar-refractivity contribution is -0.302. The summed E-state index contributed by atoms with van der Waals surface area (Å²) in [5.41, 5.74) is 0.727. The SMILES string of the molecule is COc1ccc(NCC(=O)[O-])cc1. The van der Waals surface area contributed by atoms with Gasteiger partial charge in [-0.15, -0.1) is 0 Å². The first-order valence-corrected chi connectivity index (χ1v) is 3.80. The van der Waals surface area contributed by atoms with Gasteiger partial charge in [-0.2, -0.15) is 0 Å². The molecule has 0 radical (unpaired) electrons. The second kappa shape index (κ2) is 4.35. The van der Waals surface area contributed by atoms with E-state index in [1.165, 1.54) is 0 Å². The van der Waals surface area contributed by atoms with E-state index in [1.807, 2.05) is 0 Å². The number of hydrogen-bond donors (Lipinski definition) is 1. The molecule has 0 unspecified atom stereocenters. The molecular weight excluding hydrogens is 170 g/mol. The summed E-state index contributed by atoms with van der Waals surface area (Å²) in [7, 11) is 1.57. The highest BCUT2D eigenvalue weighted by Gasteiger charge is 1.92. The maximum Gasteiger partial charge on any atom is 0.119 e. The molecule has 1 aromatic carbocycles. The highest BCUT2D eigenvalue weighted by atomic mass is 16.5. The summed E-state index contributed by atoms with van der Waals surface area (Å²) in [5.74, 6) is -0.394. The van der Waals surface area contributed by atoms with Gasteiger partial charge < -0.3 is 20.0 Å². The zero-order chi connectivity index (χ0) is 9.68. The van der Waals surface area contributed by atoms with Gasteiger partial charge in [0.05, 0.1) is 19.6 Å². The number of anilines is 1. The number of methoxy groups -OCH3 is 1. The summed E-state index contributed by atoms with van der Waals surface area (Å²) in [6.07, 6.45) is 0. The number of benzene rings is 1. The number of hydrogen-bond acceptors (Lipinski definition) is 4. The van der Waals surface area contributed by atoms with Crippen LogP contribution in [0.5, 0.6) is 5.75 Å². The number of aliphatic carboxylic acids is 1. The van der Waals surface area contributed by atoms with Gasteiger partial charge in [0.25, 0.3) is 0 Å². The zero-order valence-electron chi connectivity index (χ0n) is 7.24. The van der Waals surface area contributed by atoms with Crippen molar-refractivity contribution in [3.8, 4) is 5.75 Å². The molecule has 0 aromatic heterocycles. The molecule has 0 fully saturated rings. The van der Waals surface area contributed by atoms with Crippen LogP contribution in [0.2, 0.25) is 0 Å². The maximum atomic E-state index is 10.1. The average Bonchev–Trinajstić information content (AvgIpc) is 2.15. The monoisotopic (exact) mass is 180 g/mol. The van der Waals surface area contributed by atoms with Crippen molar-refractivity contribution < 1.29 is 14.6 Å². The molecule has 0 saturated heterocycles. The lowest BCUT2D eigenvalue weighted by atomic mass is 10.3. The fourth-order valence-corrected chi connectivity index (χ4v) is 0.883. The summed E-state index contributed by atoms with van der Waals surface area (Å²) >= 11 is 0. The highest BCUT2D eigenvalue weighted by Crippen LogP contribution is 2.14. The number of carbonyl (C=O) groups excluding carboxylic acids is 1. The summed E-state index contributed by atoms with van der Waals surface area (Å²) in [6.45, 7) is -0.188. The first-order valence-electron chi connectivity index (χ1n) is 3.80. The first kappa shape index (κ1) is 9.38. The van der Waals surface area contributed by atoms with Crippen molar-refractivity contribution in [2.24, 2.45) is 0 Å². The number of carboxylic acids is 1. The van der Waals surface area contributed by atoms with Crippen molar-refractivity contribution in [2.45, 2.75) is 0 Å². The van der Waals surface area contributed by atoms with E-state index in [-0.39, 0.29) is 6.54 Å². The second-order valence-electron chi connectivity index (χ2n) is 2.45. The predicted molar refractivity (Wildman–Crippen MR) is 46.5 cm³/mol. The fraction of sp³-hybridized carbons (Fsp3) is 0.222. The minimum Gasteiger partial charge on any atom is -0.548 e. The molecule has 0 aliphatic heterocycles. The molecule has 0 amide bonds. The quantitative estimate of drug-likeness (QED) is 0.700. The van der Waals surface area contributed by atoms with Crippen molar-refractivity contribution in [1.29, 1.82) is 0 Å². The summed E-state index contributed by atoms with van der Waals surface area (Å²) in [4.78, 5) is 10.1. The Morgan fingerprint density at radius 3 is 2.54 bits per heavy atom. The van der Waals surface area contributed by atoms with Gasteiger partial charge >= 0.3 is 0 Å². The van der Waals surface area contributed by atoms with Crippen molar-refractivity contribution in [2.75, 3.05) is 19.0 Å². The van der Waals surface area contributed by atoms with Gasteiger partial charge in [0.1, 0.15) is 5.75 Å². The lowest BCUT2D eigenvalue weighted by Gasteiger charge is -2.07. The highest BCUT2D eigenvalue weighted by molar-refractivity contribution is 5.70. The molecule has 1 aromatic rings. The molecule has 0 aliphatic rings. The zero-order valence-corrected chi connectivity index (χ0v) is 7.24. The van der Waals surface area contributed by atoms with Crippen molar-refractivity contribution in [3.63, 3.8) is 0 Å². The van der Waals surface area contributed by atoms with Crippen LogP contribution < -0.4 is 15.2 Å². The Labute approximate surface area is 76.1 Å². The van der Waals surface area contributed by atoms with Crippen molar-refractivity contribution in [3.05, 3.63) is 24.3 Å². The van der Waals surface area contributed by atoms with Crippen molar-refractivity contribution in [1.82, 2.24) is 0 Å². The fourth-order valence-electron chi connectivity index (χ4n) is 0.883. The van der Waals surface area contributed by atoms with E-state index in [0.29, 0.717) is 0 Å². The molecule has 0 atom stereocenters. The molecule has 1 rings (SSSR count). The van der Waals surface area contributed by atoms with Gasteiger partial charge in [-0.3, -0.25) is 0 Å². The number of ether oxygens (including phenoxy) is 1. The van der Waals surface area contributed by atoms with Crippen LogP contribution in [0.3, 0.4) is 0 Å². The van der Waals surface area contributed by atoms with E-state index in [1.54, 1.807) is 31.4 Å². The van der Waals surface area contributed by atoms with Crippen LogP contribution in [0.4, 0.5) is 5.69 Å². The summed E-state index contributed by atoms with van der Waals surface area (Å²) in [5, 5.41) is 12.8. The lowest BCUT2D eigenvalue weighted by Crippen LogP contribution is -2.30. The number of nitrogens with one attached hydrogen (secondary N) is 1. The van der Waals surface area contributed by atoms with Crippen LogP contribution in [-0.2, 0) is 4.79 Å². The molecule has 70 valence electrons. The smallest absolute Gasteiger partial charge is 0.119 e. The molecule has 0 aliphatic carbocycles. The number of rotatable bonds is 4. The van der Waals surface area contributed by atoms with E-state index in [4.69, 9.17) is 4.74 Å². The Bertz CT molecular complexity index is 281. The Morgan fingerprint density at radius 2 is 2.08 bits per heavy atom. The van der Waals surface area contributed by atoms with Gasteiger partial charge in [-0.25, -0.2) is 0 Å². The Hall–Kier alpha value is -1.71. The van der Waals surface area contributed by atoms with Gasteiger partial charge in [0.15, 0.2) is 0 Å². The average molecular weight is 180 g/mol. The number of carbonyl (C=O) groups is 1. The normalized spacial score (nSPS) is 9.31. The maximum absolute atomic E-state index is 10.1. The van der Waals surface area contributed by atoms with Crippen LogP contribution in [0.25, 0.3) is 0 Å². The minimum atomic E-state index is -1.13. The van der Waals surface area contributed by atoms with Crippen LogP contribution in [0, 0.1) is 0 Å². The topological polar surface area (TPSA) is 61.4 Å². The third kappa shape index (κ3) is 3.02. The van der Waals surface area contributed by atoms with Crippen LogP contribution >= 0.6 is 0 Å². The first-order chi connectivity index (χ1) is 6.22. The molecule has 0 heterocycles. The molecule has 4 heteroatoms. The Kier molecular flexibility index (Phi) is 3.14. The van der Waals surface area contributed by atoms with Gasteiger partial charge in [-0.05, 0) is 24.3 Å². The third-order valence-corrected chi connectivity index (χ3v) is 1.53. The molecule has 4 nitrogen and oxygen atoms in total. The largest absolute Gasteiger partial charge is 0.548 e. The Balaban J connectivity index is 2.54. The van der Waals surface area contributed by atoms with Gasteiger partial charge in [0.2, 0.25) is 0 Å². The standard InChI is InChI=1S/C9H11NO3/c1-13-8-4-2-7(3-5-8)10-6-9(11)12/h2-5,10H,6H2,1H3,(H,11,12)/p-1.